The van der Waals surface area contributed by atoms with E-state index < -0.39 is 6.10 Å². The van der Waals surface area contributed by atoms with Crippen molar-refractivity contribution < 1.29 is 28.6 Å². The van der Waals surface area contributed by atoms with Gasteiger partial charge in [0.05, 0.1) is 0 Å². The van der Waals surface area contributed by atoms with Gasteiger partial charge in [0.2, 0.25) is 0 Å². The first-order valence-corrected chi connectivity index (χ1v) is 27.4. The summed E-state index contributed by atoms with van der Waals surface area (Å²) in [6.45, 7) is 6.48. The number of hydrogen-bond donors (Lipinski definition) is 0. The number of ether oxygens (including phenoxy) is 3. The molecule has 0 aliphatic heterocycles. The van der Waals surface area contributed by atoms with Crippen molar-refractivity contribution in [1.29, 1.82) is 0 Å². The molecule has 65 heavy (non-hydrogen) atoms. The van der Waals surface area contributed by atoms with E-state index in [0.29, 0.717) is 19.3 Å². The molecule has 0 bridgehead atoms. The lowest BCUT2D eigenvalue weighted by molar-refractivity contribution is -0.167. The Kier molecular flexibility index (Phi) is 50.9. The van der Waals surface area contributed by atoms with Crippen LogP contribution in [0.25, 0.3) is 0 Å². The molecule has 0 aliphatic carbocycles. The Labute approximate surface area is 402 Å². The number of hydrogen-bond acceptors (Lipinski definition) is 6. The molecule has 0 aromatic carbocycles. The Balaban J connectivity index is 4.22. The van der Waals surface area contributed by atoms with Gasteiger partial charge in [-0.15, -0.1) is 0 Å². The number of esters is 3. The maximum absolute atomic E-state index is 12.8. The average molecular weight is 907 g/mol. The van der Waals surface area contributed by atoms with Gasteiger partial charge in [0.1, 0.15) is 13.2 Å². The van der Waals surface area contributed by atoms with E-state index >= 15 is 0 Å². The van der Waals surface area contributed by atoms with Gasteiger partial charge in [-0.3, -0.25) is 14.4 Å². The van der Waals surface area contributed by atoms with Crippen LogP contribution in [-0.2, 0) is 28.6 Å². The van der Waals surface area contributed by atoms with Crippen molar-refractivity contribution in [2.45, 2.75) is 271 Å². The molecule has 0 aromatic rings. The number of rotatable bonds is 49. The van der Waals surface area contributed by atoms with E-state index in [1.807, 2.05) is 0 Å². The summed E-state index contributed by atoms with van der Waals surface area (Å²) in [6.07, 6.45) is 67.6. The first-order valence-electron chi connectivity index (χ1n) is 27.4. The molecular formula is C59H102O6. The number of carbonyl (C=O) groups excluding carboxylic acids is 3. The van der Waals surface area contributed by atoms with Crippen LogP contribution in [0.2, 0.25) is 0 Å². The molecule has 1 unspecified atom stereocenters. The Hall–Kier alpha value is -3.15. The molecule has 0 aliphatic rings. The third-order valence-corrected chi connectivity index (χ3v) is 11.7. The summed E-state index contributed by atoms with van der Waals surface area (Å²) in [7, 11) is 0. The Bertz CT molecular complexity index is 1230. The molecule has 0 radical (unpaired) electrons. The van der Waals surface area contributed by atoms with Crippen LogP contribution in [-0.4, -0.2) is 37.2 Å². The molecule has 0 fully saturated rings. The number of carbonyl (C=O) groups is 3. The van der Waals surface area contributed by atoms with Crippen LogP contribution in [0.1, 0.15) is 265 Å². The molecule has 0 spiro atoms. The highest BCUT2D eigenvalue weighted by atomic mass is 16.6. The van der Waals surface area contributed by atoms with Crippen LogP contribution in [0.4, 0.5) is 0 Å². The molecule has 0 rings (SSSR count). The zero-order chi connectivity index (χ0) is 47.2. The van der Waals surface area contributed by atoms with Gasteiger partial charge in [0.15, 0.2) is 6.10 Å². The maximum Gasteiger partial charge on any atom is 0.306 e. The van der Waals surface area contributed by atoms with Gasteiger partial charge in [0.25, 0.3) is 0 Å². The Morgan fingerprint density at radius 2 is 0.600 bits per heavy atom. The SMILES string of the molecule is CC/C=C\C/C=C\C/C=C\C/C=C\C/C=C\CCCCCCCCCCCC(=O)OCC(COC(=O)CCCCCCCCCC)OC(=O)CCCCCCC/C=C\CCCCCCC. The first kappa shape index (κ1) is 61.9. The lowest BCUT2D eigenvalue weighted by Crippen LogP contribution is -2.30. The predicted molar refractivity (Wildman–Crippen MR) is 279 cm³/mol. The standard InChI is InChI=1S/C59H102O6/c1-4-7-10-13-16-19-21-23-25-26-27-28-29-30-31-32-33-34-35-37-38-40-43-46-49-52-58(61)64-55-56(54-63-57(60)51-48-45-42-18-15-12-9-6-3)65-59(62)53-50-47-44-41-39-36-24-22-20-17-14-11-8-5-2/h7,10,16,19,22-25,27-28,30-31,56H,4-6,8-9,11-15,17-18,20-21,26,29,32-55H2,1-3H3/b10-7-,19-16-,24-22-,25-23-,28-27-,31-30-. The summed E-state index contributed by atoms with van der Waals surface area (Å²) in [5.74, 6) is -0.894. The molecule has 374 valence electrons. The highest BCUT2D eigenvalue weighted by molar-refractivity contribution is 5.71. The van der Waals surface area contributed by atoms with Crippen molar-refractivity contribution in [2.75, 3.05) is 13.2 Å². The van der Waals surface area contributed by atoms with E-state index in [2.05, 4.69) is 93.7 Å². The van der Waals surface area contributed by atoms with Crippen LogP contribution < -0.4 is 0 Å². The summed E-state index contributed by atoms with van der Waals surface area (Å²) in [5, 5.41) is 0. The third kappa shape index (κ3) is 51.7. The minimum atomic E-state index is -0.778. The second-order valence-electron chi connectivity index (χ2n) is 18.1. The predicted octanol–water partition coefficient (Wildman–Crippen LogP) is 18.2. The first-order chi connectivity index (χ1) is 32.0. The van der Waals surface area contributed by atoms with Crippen LogP contribution in [0, 0.1) is 0 Å². The third-order valence-electron chi connectivity index (χ3n) is 11.7. The van der Waals surface area contributed by atoms with Gasteiger partial charge >= 0.3 is 17.9 Å². The van der Waals surface area contributed by atoms with Crippen molar-refractivity contribution in [2.24, 2.45) is 0 Å². The van der Waals surface area contributed by atoms with Gasteiger partial charge < -0.3 is 14.2 Å². The minimum absolute atomic E-state index is 0.0789. The molecule has 0 saturated heterocycles. The van der Waals surface area contributed by atoms with Gasteiger partial charge in [0, 0.05) is 19.3 Å². The second-order valence-corrected chi connectivity index (χ2v) is 18.1. The number of unbranched alkanes of at least 4 members (excludes halogenated alkanes) is 26. The van der Waals surface area contributed by atoms with Gasteiger partial charge in [-0.1, -0.05) is 229 Å². The second kappa shape index (κ2) is 53.5. The summed E-state index contributed by atoms with van der Waals surface area (Å²) >= 11 is 0. The molecular weight excluding hydrogens is 805 g/mol. The summed E-state index contributed by atoms with van der Waals surface area (Å²) in [4.78, 5) is 37.9. The largest absolute Gasteiger partial charge is 0.462 e. The van der Waals surface area contributed by atoms with Crippen molar-refractivity contribution >= 4 is 17.9 Å². The van der Waals surface area contributed by atoms with Crippen molar-refractivity contribution in [3.05, 3.63) is 72.9 Å². The van der Waals surface area contributed by atoms with Gasteiger partial charge in [-0.2, -0.15) is 0 Å². The van der Waals surface area contributed by atoms with Crippen LogP contribution in [0.15, 0.2) is 72.9 Å². The quantitative estimate of drug-likeness (QED) is 0.0262. The van der Waals surface area contributed by atoms with E-state index in [1.54, 1.807) is 0 Å². The molecule has 1 atom stereocenters. The average Bonchev–Trinajstić information content (AvgIpc) is 3.30. The molecule has 0 aromatic heterocycles. The zero-order valence-corrected chi connectivity index (χ0v) is 42.7. The summed E-state index contributed by atoms with van der Waals surface area (Å²) in [6, 6.07) is 0. The van der Waals surface area contributed by atoms with E-state index in [-0.39, 0.29) is 31.1 Å². The van der Waals surface area contributed by atoms with E-state index in [9.17, 15) is 14.4 Å². The lowest BCUT2D eigenvalue weighted by Gasteiger charge is -2.18. The Morgan fingerprint density at radius 3 is 0.954 bits per heavy atom. The number of allylic oxidation sites excluding steroid dienone is 12. The van der Waals surface area contributed by atoms with E-state index in [0.717, 1.165) is 109 Å². The van der Waals surface area contributed by atoms with Crippen LogP contribution in [0.3, 0.4) is 0 Å². The van der Waals surface area contributed by atoms with E-state index in [1.165, 1.54) is 116 Å². The van der Waals surface area contributed by atoms with Gasteiger partial charge in [-0.25, -0.2) is 0 Å². The molecule has 0 saturated carbocycles. The molecule has 0 N–H and O–H groups in total. The van der Waals surface area contributed by atoms with E-state index in [4.69, 9.17) is 14.2 Å². The van der Waals surface area contributed by atoms with Gasteiger partial charge in [-0.05, 0) is 89.9 Å². The summed E-state index contributed by atoms with van der Waals surface area (Å²) < 4.78 is 16.8. The fourth-order valence-corrected chi connectivity index (χ4v) is 7.58. The maximum atomic E-state index is 12.8. The van der Waals surface area contributed by atoms with Crippen LogP contribution in [0.5, 0.6) is 0 Å². The smallest absolute Gasteiger partial charge is 0.306 e. The lowest BCUT2D eigenvalue weighted by atomic mass is 10.1. The van der Waals surface area contributed by atoms with Crippen molar-refractivity contribution in [3.8, 4) is 0 Å². The zero-order valence-electron chi connectivity index (χ0n) is 42.7. The normalized spacial score (nSPS) is 12.6. The van der Waals surface area contributed by atoms with Crippen LogP contribution >= 0.6 is 0 Å². The minimum Gasteiger partial charge on any atom is -0.462 e. The molecule has 0 amide bonds. The fourth-order valence-electron chi connectivity index (χ4n) is 7.58. The topological polar surface area (TPSA) is 78.9 Å². The highest BCUT2D eigenvalue weighted by Crippen LogP contribution is 2.15. The van der Waals surface area contributed by atoms with Crippen molar-refractivity contribution in [1.82, 2.24) is 0 Å². The van der Waals surface area contributed by atoms with Crippen molar-refractivity contribution in [3.63, 3.8) is 0 Å². The molecule has 6 heteroatoms. The fraction of sp³-hybridized carbons (Fsp3) is 0.746. The summed E-state index contributed by atoms with van der Waals surface area (Å²) in [5.41, 5.74) is 0. The molecule has 0 heterocycles. The molecule has 6 nitrogen and oxygen atoms in total. The Morgan fingerprint density at radius 1 is 0.323 bits per heavy atom. The highest BCUT2D eigenvalue weighted by Gasteiger charge is 2.19. The monoisotopic (exact) mass is 907 g/mol.